The second kappa shape index (κ2) is 5.55. The van der Waals surface area contributed by atoms with E-state index in [9.17, 15) is 0 Å². The van der Waals surface area contributed by atoms with Crippen molar-refractivity contribution in [2.45, 2.75) is 12.4 Å². The molecule has 0 unspecified atom stereocenters. The maximum absolute atomic E-state index is 7.23. The van der Waals surface area contributed by atoms with Crippen LogP contribution in [0.15, 0.2) is 42.5 Å². The standard InChI is InChI=1S/C15H14O3Se/c1-19-13-5-2-11(3-6-13)9-16-12-4-7-14-15(8-12)18-10-17-14/h2-8H,9-10H2,1H3/i1D. The Morgan fingerprint density at radius 3 is 2.84 bits per heavy atom. The minimum atomic E-state index is 0.261. The molecule has 0 amide bonds. The van der Waals surface area contributed by atoms with Gasteiger partial charge in [0.05, 0.1) is 0 Å². The van der Waals surface area contributed by atoms with E-state index < -0.39 is 0 Å². The first kappa shape index (κ1) is 11.2. The summed E-state index contributed by atoms with van der Waals surface area (Å²) in [6.07, 6.45) is 0. The van der Waals surface area contributed by atoms with Crippen LogP contribution in [0.1, 0.15) is 6.93 Å². The summed E-state index contributed by atoms with van der Waals surface area (Å²) in [5.74, 6) is 2.75. The topological polar surface area (TPSA) is 27.7 Å². The second-order valence-corrected chi connectivity index (χ2v) is 5.69. The van der Waals surface area contributed by atoms with Crippen LogP contribution in [0.4, 0.5) is 0 Å². The van der Waals surface area contributed by atoms with Gasteiger partial charge in [-0.2, -0.15) is 0 Å². The molecular formula is C15H14O3Se. The summed E-state index contributed by atoms with van der Waals surface area (Å²) in [5, 5.41) is 0. The molecule has 0 fully saturated rings. The molecule has 4 heteroatoms. The molecule has 0 bridgehead atoms. The van der Waals surface area contributed by atoms with E-state index in [1.165, 1.54) is 4.46 Å². The van der Waals surface area contributed by atoms with Crippen molar-refractivity contribution in [3.8, 4) is 17.2 Å². The number of hydrogen-bond acceptors (Lipinski definition) is 3. The number of hydrogen-bond donors (Lipinski definition) is 0. The molecule has 2 aromatic rings. The summed E-state index contributed by atoms with van der Waals surface area (Å²) < 4.78 is 24.8. The first-order chi connectivity index (χ1) is 9.85. The second-order valence-electron chi connectivity index (χ2n) is 4.09. The first-order valence-electron chi connectivity index (χ1n) is 6.59. The van der Waals surface area contributed by atoms with Gasteiger partial charge in [0.25, 0.3) is 0 Å². The third-order valence-electron chi connectivity index (χ3n) is 2.84. The average Bonchev–Trinajstić information content (AvgIpc) is 2.94. The molecule has 3 rings (SSSR count). The van der Waals surface area contributed by atoms with Gasteiger partial charge >= 0.3 is 119 Å². The van der Waals surface area contributed by atoms with Crippen LogP contribution in [0.25, 0.3) is 0 Å². The molecular weight excluding hydrogens is 307 g/mol. The van der Waals surface area contributed by atoms with Crippen molar-refractivity contribution in [3.63, 3.8) is 0 Å². The van der Waals surface area contributed by atoms with Crippen molar-refractivity contribution in [1.82, 2.24) is 0 Å². The van der Waals surface area contributed by atoms with Crippen LogP contribution in [0.3, 0.4) is 0 Å². The van der Waals surface area contributed by atoms with Crippen LogP contribution in [0, 0.1) is 0 Å². The van der Waals surface area contributed by atoms with Gasteiger partial charge in [-0.25, -0.2) is 0 Å². The molecule has 2 aromatic carbocycles. The quantitative estimate of drug-likeness (QED) is 0.809. The molecule has 0 saturated carbocycles. The fourth-order valence-corrected chi connectivity index (χ4v) is 2.50. The first-order valence-corrected chi connectivity index (χ1v) is 7.95. The van der Waals surface area contributed by atoms with Gasteiger partial charge < -0.3 is 0 Å². The van der Waals surface area contributed by atoms with Crippen LogP contribution < -0.4 is 18.7 Å². The van der Waals surface area contributed by atoms with Gasteiger partial charge in [-0.1, -0.05) is 0 Å². The zero-order valence-corrected chi connectivity index (χ0v) is 12.0. The Morgan fingerprint density at radius 1 is 1.16 bits per heavy atom. The van der Waals surface area contributed by atoms with Gasteiger partial charge in [0.1, 0.15) is 0 Å². The van der Waals surface area contributed by atoms with E-state index in [2.05, 4.69) is 24.3 Å². The van der Waals surface area contributed by atoms with E-state index in [4.69, 9.17) is 15.6 Å². The normalized spacial score (nSPS) is 13.2. The summed E-state index contributed by atoms with van der Waals surface area (Å²) in [6.45, 7) is 0.797. The molecule has 1 aliphatic heterocycles. The van der Waals surface area contributed by atoms with Gasteiger partial charge in [0.2, 0.25) is 0 Å². The molecule has 3 nitrogen and oxygen atoms in total. The van der Waals surface area contributed by atoms with Crippen molar-refractivity contribution in [3.05, 3.63) is 48.0 Å². The van der Waals surface area contributed by atoms with Gasteiger partial charge in [0, 0.05) is 0 Å². The molecule has 1 heterocycles. The zero-order valence-electron chi connectivity index (χ0n) is 11.3. The van der Waals surface area contributed by atoms with E-state index in [-0.39, 0.29) is 21.7 Å². The Hall–Kier alpha value is -1.64. The predicted octanol–water partition coefficient (Wildman–Crippen LogP) is 2.37. The maximum atomic E-state index is 7.23. The minimum absolute atomic E-state index is 0.261. The average molecular weight is 322 g/mol. The molecule has 0 radical (unpaired) electrons. The number of fused-ring (bicyclic) bond motifs is 1. The summed E-state index contributed by atoms with van der Waals surface area (Å²) in [6, 6.07) is 13.8. The zero-order chi connectivity index (χ0) is 13.8. The van der Waals surface area contributed by atoms with E-state index in [0.717, 1.165) is 22.8 Å². The van der Waals surface area contributed by atoms with Crippen molar-refractivity contribution >= 4 is 19.4 Å². The molecule has 19 heavy (non-hydrogen) atoms. The van der Waals surface area contributed by atoms with Crippen molar-refractivity contribution in [2.24, 2.45) is 0 Å². The monoisotopic (exact) mass is 323 g/mol. The Labute approximate surface area is 120 Å². The molecule has 0 aliphatic carbocycles. The van der Waals surface area contributed by atoms with E-state index in [1.54, 1.807) is 0 Å². The molecule has 0 N–H and O–H groups in total. The number of ether oxygens (including phenoxy) is 3. The number of rotatable bonds is 4. The fraction of sp³-hybridized carbons (Fsp3) is 0.200. The summed E-state index contributed by atoms with van der Waals surface area (Å²) in [7, 11) is 0. The molecule has 1 aliphatic rings. The Bertz CT molecular complexity index is 586. The van der Waals surface area contributed by atoms with Gasteiger partial charge in [-0.05, 0) is 0 Å². The summed E-state index contributed by atoms with van der Waals surface area (Å²) in [5.41, 5.74) is 1.12. The summed E-state index contributed by atoms with van der Waals surface area (Å²) >= 11 is 0.261. The summed E-state index contributed by atoms with van der Waals surface area (Å²) in [4.78, 5) is 0. The molecule has 0 aromatic heterocycles. The Balaban J connectivity index is 1.61. The van der Waals surface area contributed by atoms with Crippen LogP contribution >= 0.6 is 0 Å². The number of benzene rings is 2. The SMILES string of the molecule is [2H]C[Se]c1ccc(COc2ccc3c(c2)OCO3)cc1. The molecule has 98 valence electrons. The van der Waals surface area contributed by atoms with Crippen LogP contribution in [-0.2, 0) is 6.61 Å². The van der Waals surface area contributed by atoms with Crippen molar-refractivity contribution in [2.75, 3.05) is 6.79 Å². The van der Waals surface area contributed by atoms with Gasteiger partial charge in [-0.3, -0.25) is 0 Å². The Kier molecular flexibility index (Phi) is 3.28. The third-order valence-corrected chi connectivity index (χ3v) is 4.11. The van der Waals surface area contributed by atoms with Crippen LogP contribution in [-0.4, -0.2) is 21.7 Å². The van der Waals surface area contributed by atoms with E-state index in [1.807, 2.05) is 18.2 Å². The van der Waals surface area contributed by atoms with Crippen molar-refractivity contribution < 1.29 is 15.6 Å². The molecule has 0 spiro atoms. The van der Waals surface area contributed by atoms with Gasteiger partial charge in [-0.15, -0.1) is 0 Å². The van der Waals surface area contributed by atoms with Crippen LogP contribution in [0.5, 0.6) is 17.2 Å². The molecule has 0 saturated heterocycles. The fourth-order valence-electron chi connectivity index (χ4n) is 1.82. The third kappa shape index (κ3) is 2.86. The van der Waals surface area contributed by atoms with E-state index in [0.29, 0.717) is 12.4 Å². The van der Waals surface area contributed by atoms with Gasteiger partial charge in [0.15, 0.2) is 0 Å². The van der Waals surface area contributed by atoms with Crippen LogP contribution in [0.2, 0.25) is 5.80 Å². The van der Waals surface area contributed by atoms with Crippen molar-refractivity contribution in [1.29, 1.82) is 0 Å². The van der Waals surface area contributed by atoms with E-state index >= 15 is 0 Å². The molecule has 0 atom stereocenters. The Morgan fingerprint density at radius 2 is 2.00 bits per heavy atom. The predicted molar refractivity (Wildman–Crippen MR) is 74.6 cm³/mol.